The molecule has 0 saturated carbocycles. The van der Waals surface area contributed by atoms with Gasteiger partial charge in [0, 0.05) is 11.3 Å². The van der Waals surface area contributed by atoms with Crippen molar-refractivity contribution in [3.05, 3.63) is 59.4 Å². The number of hydrogen-bond donors (Lipinski definition) is 2. The zero-order valence-electron chi connectivity index (χ0n) is 9.91. The summed E-state index contributed by atoms with van der Waals surface area (Å²) in [5.74, 6) is -0.809. The molecule has 0 bridgehead atoms. The number of hydrogen-bond acceptors (Lipinski definition) is 2. The van der Waals surface area contributed by atoms with Gasteiger partial charge in [0.25, 0.3) is 5.91 Å². The fourth-order valence-corrected chi connectivity index (χ4v) is 1.55. The molecule has 3 N–H and O–H groups in total. The number of carbonyl (C=O) groups is 1. The first kappa shape index (κ1) is 12.1. The van der Waals surface area contributed by atoms with Gasteiger partial charge >= 0.3 is 0 Å². The summed E-state index contributed by atoms with van der Waals surface area (Å²) >= 11 is 0. The number of amides is 1. The van der Waals surface area contributed by atoms with E-state index in [1.807, 2.05) is 0 Å². The molecular weight excluding hydrogens is 231 g/mol. The molecule has 0 fully saturated rings. The van der Waals surface area contributed by atoms with Crippen LogP contribution in [0.25, 0.3) is 0 Å². The highest BCUT2D eigenvalue weighted by Gasteiger charge is 2.08. The lowest BCUT2D eigenvalue weighted by Gasteiger charge is -2.07. The molecule has 0 aromatic heterocycles. The Kier molecular flexibility index (Phi) is 3.28. The highest BCUT2D eigenvalue weighted by atomic mass is 19.1. The highest BCUT2D eigenvalue weighted by molar-refractivity contribution is 6.04. The third-order valence-corrected chi connectivity index (χ3v) is 2.55. The quantitative estimate of drug-likeness (QED) is 0.798. The number of carbonyl (C=O) groups excluding carboxylic acids is 1. The Labute approximate surface area is 104 Å². The lowest BCUT2D eigenvalue weighted by molar-refractivity contribution is 0.102. The largest absolute Gasteiger partial charge is 0.399 e. The monoisotopic (exact) mass is 244 g/mol. The van der Waals surface area contributed by atoms with Crippen LogP contribution in [0.4, 0.5) is 15.8 Å². The Hall–Kier alpha value is -2.36. The van der Waals surface area contributed by atoms with Gasteiger partial charge in [0.05, 0.1) is 5.69 Å². The van der Waals surface area contributed by atoms with Gasteiger partial charge in [-0.1, -0.05) is 6.07 Å². The Morgan fingerprint density at radius 1 is 1.17 bits per heavy atom. The van der Waals surface area contributed by atoms with E-state index in [1.165, 1.54) is 6.07 Å². The number of nitrogen functional groups attached to an aromatic ring is 1. The minimum Gasteiger partial charge on any atom is -0.399 e. The zero-order chi connectivity index (χ0) is 13.1. The van der Waals surface area contributed by atoms with E-state index in [4.69, 9.17) is 5.73 Å². The van der Waals surface area contributed by atoms with Gasteiger partial charge in [0.15, 0.2) is 0 Å². The van der Waals surface area contributed by atoms with Crippen LogP contribution in [0.2, 0.25) is 0 Å². The Morgan fingerprint density at radius 3 is 2.44 bits per heavy atom. The summed E-state index contributed by atoms with van der Waals surface area (Å²) in [5, 5.41) is 2.52. The number of rotatable bonds is 2. The average molecular weight is 244 g/mol. The molecular formula is C14H13FN2O. The van der Waals surface area contributed by atoms with E-state index in [2.05, 4.69) is 5.32 Å². The fourth-order valence-electron chi connectivity index (χ4n) is 1.55. The lowest BCUT2D eigenvalue weighted by atomic mass is 10.1. The molecule has 0 aliphatic heterocycles. The van der Waals surface area contributed by atoms with Crippen molar-refractivity contribution in [1.82, 2.24) is 0 Å². The third-order valence-electron chi connectivity index (χ3n) is 2.55. The predicted molar refractivity (Wildman–Crippen MR) is 69.9 cm³/mol. The summed E-state index contributed by atoms with van der Waals surface area (Å²) in [5.41, 5.74) is 7.51. The van der Waals surface area contributed by atoms with Gasteiger partial charge < -0.3 is 11.1 Å². The van der Waals surface area contributed by atoms with E-state index >= 15 is 0 Å². The molecule has 0 atom stereocenters. The topological polar surface area (TPSA) is 55.1 Å². The Bertz CT molecular complexity index is 579. The molecule has 4 heteroatoms. The number of halogens is 1. The smallest absolute Gasteiger partial charge is 0.255 e. The first-order chi connectivity index (χ1) is 8.56. The Morgan fingerprint density at radius 2 is 1.83 bits per heavy atom. The SMILES string of the molecule is Cc1ccc(NC(=O)c2ccc(N)cc2)c(F)c1. The molecule has 3 nitrogen and oxygen atoms in total. The summed E-state index contributed by atoms with van der Waals surface area (Å²) < 4.78 is 13.6. The minimum atomic E-state index is -0.446. The maximum absolute atomic E-state index is 13.6. The number of nitrogens with two attached hydrogens (primary N) is 1. The van der Waals surface area contributed by atoms with Crippen molar-refractivity contribution in [2.45, 2.75) is 6.92 Å². The van der Waals surface area contributed by atoms with Crippen LogP contribution in [0.5, 0.6) is 0 Å². The van der Waals surface area contributed by atoms with Crippen molar-refractivity contribution >= 4 is 17.3 Å². The molecule has 0 radical (unpaired) electrons. The van der Waals surface area contributed by atoms with Gasteiger partial charge in [0.1, 0.15) is 5.82 Å². The predicted octanol–water partition coefficient (Wildman–Crippen LogP) is 2.97. The summed E-state index contributed by atoms with van der Waals surface area (Å²) in [6.07, 6.45) is 0. The van der Waals surface area contributed by atoms with E-state index in [-0.39, 0.29) is 11.6 Å². The second-order valence-electron chi connectivity index (χ2n) is 4.06. The van der Waals surface area contributed by atoms with Gasteiger partial charge in [0.2, 0.25) is 0 Å². The summed E-state index contributed by atoms with van der Waals surface area (Å²) in [4.78, 5) is 11.8. The number of benzene rings is 2. The van der Waals surface area contributed by atoms with Gasteiger partial charge in [-0.05, 0) is 48.9 Å². The number of aryl methyl sites for hydroxylation is 1. The van der Waals surface area contributed by atoms with Crippen molar-refractivity contribution in [1.29, 1.82) is 0 Å². The van der Waals surface area contributed by atoms with Crippen LogP contribution >= 0.6 is 0 Å². The average Bonchev–Trinajstić information content (AvgIpc) is 2.33. The van der Waals surface area contributed by atoms with Crippen LogP contribution in [-0.4, -0.2) is 5.91 Å². The summed E-state index contributed by atoms with van der Waals surface area (Å²) in [6, 6.07) is 11.1. The third kappa shape index (κ3) is 2.66. The van der Waals surface area contributed by atoms with Crippen molar-refractivity contribution < 1.29 is 9.18 Å². The van der Waals surface area contributed by atoms with Crippen LogP contribution in [0, 0.1) is 12.7 Å². The van der Waals surface area contributed by atoms with Crippen molar-refractivity contribution in [2.75, 3.05) is 11.1 Å². The van der Waals surface area contributed by atoms with Crippen molar-refractivity contribution in [3.63, 3.8) is 0 Å². The molecule has 2 aromatic carbocycles. The first-order valence-corrected chi connectivity index (χ1v) is 5.49. The molecule has 2 rings (SSSR count). The van der Waals surface area contributed by atoms with Crippen LogP contribution in [0.15, 0.2) is 42.5 Å². The van der Waals surface area contributed by atoms with Gasteiger partial charge in [-0.25, -0.2) is 4.39 Å². The molecule has 0 saturated heterocycles. The minimum absolute atomic E-state index is 0.169. The standard InChI is InChI=1S/C14H13FN2O/c1-9-2-7-13(12(15)8-9)17-14(18)10-3-5-11(16)6-4-10/h2-8H,16H2,1H3,(H,17,18). The maximum atomic E-state index is 13.6. The zero-order valence-corrected chi connectivity index (χ0v) is 9.91. The van der Waals surface area contributed by atoms with E-state index in [0.717, 1.165) is 5.56 Å². The van der Waals surface area contributed by atoms with Crippen LogP contribution in [0.1, 0.15) is 15.9 Å². The summed E-state index contributed by atoms with van der Waals surface area (Å²) in [7, 11) is 0. The van der Waals surface area contributed by atoms with Gasteiger partial charge in [-0.15, -0.1) is 0 Å². The normalized spacial score (nSPS) is 10.1. The molecule has 0 spiro atoms. The maximum Gasteiger partial charge on any atom is 0.255 e. The molecule has 0 aliphatic rings. The molecule has 0 unspecified atom stereocenters. The molecule has 0 aliphatic carbocycles. The first-order valence-electron chi connectivity index (χ1n) is 5.49. The van der Waals surface area contributed by atoms with Crippen LogP contribution in [-0.2, 0) is 0 Å². The molecule has 0 heterocycles. The fraction of sp³-hybridized carbons (Fsp3) is 0.0714. The van der Waals surface area contributed by atoms with Gasteiger partial charge in [-0.2, -0.15) is 0 Å². The van der Waals surface area contributed by atoms with Crippen LogP contribution < -0.4 is 11.1 Å². The van der Waals surface area contributed by atoms with Crippen molar-refractivity contribution in [2.24, 2.45) is 0 Å². The molecule has 18 heavy (non-hydrogen) atoms. The Balaban J connectivity index is 2.18. The second-order valence-corrected chi connectivity index (χ2v) is 4.06. The lowest BCUT2D eigenvalue weighted by Crippen LogP contribution is -2.13. The summed E-state index contributed by atoms with van der Waals surface area (Å²) in [6.45, 7) is 1.79. The van der Waals surface area contributed by atoms with Gasteiger partial charge in [-0.3, -0.25) is 4.79 Å². The van der Waals surface area contributed by atoms with E-state index in [9.17, 15) is 9.18 Å². The molecule has 1 amide bonds. The van der Waals surface area contributed by atoms with E-state index in [1.54, 1.807) is 43.3 Å². The van der Waals surface area contributed by atoms with E-state index in [0.29, 0.717) is 11.3 Å². The second kappa shape index (κ2) is 4.87. The molecule has 2 aromatic rings. The number of nitrogens with one attached hydrogen (secondary N) is 1. The van der Waals surface area contributed by atoms with Crippen molar-refractivity contribution in [3.8, 4) is 0 Å². The number of anilines is 2. The highest BCUT2D eigenvalue weighted by Crippen LogP contribution is 2.16. The molecule has 92 valence electrons. The van der Waals surface area contributed by atoms with E-state index < -0.39 is 5.82 Å². The van der Waals surface area contributed by atoms with Crippen LogP contribution in [0.3, 0.4) is 0 Å².